The molecule has 0 aliphatic carbocycles. The molecule has 0 saturated carbocycles. The minimum Gasteiger partial charge on any atom is -0.352 e. The van der Waals surface area contributed by atoms with Crippen molar-refractivity contribution in [2.75, 3.05) is 6.54 Å². The fourth-order valence-electron chi connectivity index (χ4n) is 1.58. The largest absolute Gasteiger partial charge is 0.352 e. The fraction of sp³-hybridized carbons (Fsp3) is 0.429. The zero-order chi connectivity index (χ0) is 13.6. The molecule has 0 bridgehead atoms. The summed E-state index contributed by atoms with van der Waals surface area (Å²) in [5.74, 6) is -0.151. The molecule has 0 aromatic heterocycles. The molecule has 1 amide bonds. The number of carbonyl (C=O) groups is 1. The quantitative estimate of drug-likeness (QED) is 0.776. The van der Waals surface area contributed by atoms with Gasteiger partial charge in [-0.2, -0.15) is 5.26 Å². The number of rotatable bonds is 5. The first kappa shape index (κ1) is 14.2. The zero-order valence-electron chi connectivity index (χ0n) is 10.9. The van der Waals surface area contributed by atoms with Gasteiger partial charge in [-0.25, -0.2) is 0 Å². The molecule has 1 rings (SSSR count). The molecular weight excluding hydrogens is 226 g/mol. The Labute approximate surface area is 108 Å². The van der Waals surface area contributed by atoms with Crippen molar-refractivity contribution in [1.29, 1.82) is 5.26 Å². The fourth-order valence-corrected chi connectivity index (χ4v) is 1.58. The van der Waals surface area contributed by atoms with Crippen molar-refractivity contribution in [2.24, 2.45) is 5.73 Å². The van der Waals surface area contributed by atoms with Gasteiger partial charge in [-0.15, -0.1) is 0 Å². The summed E-state index contributed by atoms with van der Waals surface area (Å²) in [7, 11) is 0. The third-order valence-corrected chi connectivity index (χ3v) is 2.54. The topological polar surface area (TPSA) is 78.9 Å². The summed E-state index contributed by atoms with van der Waals surface area (Å²) in [5, 5.41) is 11.6. The van der Waals surface area contributed by atoms with Crippen molar-refractivity contribution in [3.63, 3.8) is 0 Å². The molecule has 0 atom stereocenters. The minimum absolute atomic E-state index is 0.151. The SMILES string of the molecule is CC(C)(N)CCCNC(=O)c1cccc(C#N)c1. The Morgan fingerprint density at radius 1 is 1.50 bits per heavy atom. The highest BCUT2D eigenvalue weighted by molar-refractivity contribution is 5.94. The second kappa shape index (κ2) is 6.18. The van der Waals surface area contributed by atoms with Crippen molar-refractivity contribution in [3.05, 3.63) is 35.4 Å². The van der Waals surface area contributed by atoms with E-state index in [4.69, 9.17) is 11.0 Å². The zero-order valence-corrected chi connectivity index (χ0v) is 10.9. The molecule has 0 heterocycles. The van der Waals surface area contributed by atoms with Gasteiger partial charge in [0.25, 0.3) is 5.91 Å². The molecule has 0 radical (unpaired) electrons. The first-order valence-electron chi connectivity index (χ1n) is 5.99. The van der Waals surface area contributed by atoms with Gasteiger partial charge in [0.1, 0.15) is 0 Å². The van der Waals surface area contributed by atoms with Crippen molar-refractivity contribution in [3.8, 4) is 6.07 Å². The van der Waals surface area contributed by atoms with Crippen molar-refractivity contribution >= 4 is 5.91 Å². The summed E-state index contributed by atoms with van der Waals surface area (Å²) in [5.41, 5.74) is 6.66. The Morgan fingerprint density at radius 3 is 2.83 bits per heavy atom. The van der Waals surface area contributed by atoms with Crippen LogP contribution in [0.15, 0.2) is 24.3 Å². The molecule has 1 aromatic rings. The average Bonchev–Trinajstić information content (AvgIpc) is 2.33. The lowest BCUT2D eigenvalue weighted by Gasteiger charge is -2.17. The van der Waals surface area contributed by atoms with Gasteiger partial charge < -0.3 is 11.1 Å². The van der Waals surface area contributed by atoms with Gasteiger partial charge in [-0.3, -0.25) is 4.79 Å². The van der Waals surface area contributed by atoms with Gasteiger partial charge in [0.05, 0.1) is 11.6 Å². The van der Waals surface area contributed by atoms with Gasteiger partial charge in [-0.05, 0) is 44.9 Å². The number of hydrogen-bond acceptors (Lipinski definition) is 3. The number of nitrogens with two attached hydrogens (primary N) is 1. The summed E-state index contributed by atoms with van der Waals surface area (Å²) in [6.45, 7) is 4.52. The van der Waals surface area contributed by atoms with E-state index in [0.29, 0.717) is 17.7 Å². The standard InChI is InChI=1S/C14H19N3O/c1-14(2,16)7-4-8-17-13(18)12-6-3-5-11(9-12)10-15/h3,5-6,9H,4,7-8,16H2,1-2H3,(H,17,18). The van der Waals surface area contributed by atoms with Crippen LogP contribution in [0.5, 0.6) is 0 Å². The first-order chi connectivity index (χ1) is 8.42. The predicted molar refractivity (Wildman–Crippen MR) is 71.0 cm³/mol. The maximum atomic E-state index is 11.8. The van der Waals surface area contributed by atoms with Gasteiger partial charge in [0, 0.05) is 17.6 Å². The smallest absolute Gasteiger partial charge is 0.251 e. The maximum absolute atomic E-state index is 11.8. The second-order valence-electron chi connectivity index (χ2n) is 5.04. The van der Waals surface area contributed by atoms with Crippen LogP contribution in [0, 0.1) is 11.3 Å². The van der Waals surface area contributed by atoms with E-state index in [2.05, 4.69) is 5.32 Å². The molecule has 18 heavy (non-hydrogen) atoms. The van der Waals surface area contributed by atoms with E-state index in [0.717, 1.165) is 12.8 Å². The number of hydrogen-bond donors (Lipinski definition) is 2. The summed E-state index contributed by atoms with van der Waals surface area (Å²) in [6, 6.07) is 8.67. The van der Waals surface area contributed by atoms with Crippen LogP contribution in [0.3, 0.4) is 0 Å². The van der Waals surface area contributed by atoms with Crippen molar-refractivity contribution < 1.29 is 4.79 Å². The number of nitrogens with one attached hydrogen (secondary N) is 1. The van der Waals surface area contributed by atoms with Crippen LogP contribution in [0.2, 0.25) is 0 Å². The van der Waals surface area contributed by atoms with Crippen molar-refractivity contribution in [1.82, 2.24) is 5.32 Å². The molecule has 4 nitrogen and oxygen atoms in total. The Morgan fingerprint density at radius 2 is 2.22 bits per heavy atom. The maximum Gasteiger partial charge on any atom is 0.251 e. The molecule has 0 spiro atoms. The van der Waals surface area contributed by atoms with Gasteiger partial charge >= 0.3 is 0 Å². The highest BCUT2D eigenvalue weighted by atomic mass is 16.1. The van der Waals surface area contributed by atoms with E-state index >= 15 is 0 Å². The van der Waals surface area contributed by atoms with Gasteiger partial charge in [0.15, 0.2) is 0 Å². The van der Waals surface area contributed by atoms with Crippen LogP contribution >= 0.6 is 0 Å². The predicted octanol–water partition coefficient (Wildman–Crippen LogP) is 1.81. The highest BCUT2D eigenvalue weighted by Crippen LogP contribution is 2.07. The monoisotopic (exact) mass is 245 g/mol. The number of nitriles is 1. The van der Waals surface area contributed by atoms with Crippen LogP contribution in [0.4, 0.5) is 0 Å². The Hall–Kier alpha value is -1.86. The van der Waals surface area contributed by atoms with Gasteiger partial charge in [-0.1, -0.05) is 6.07 Å². The Balaban J connectivity index is 2.44. The second-order valence-corrected chi connectivity index (χ2v) is 5.04. The van der Waals surface area contributed by atoms with Crippen LogP contribution in [0.25, 0.3) is 0 Å². The van der Waals surface area contributed by atoms with E-state index in [-0.39, 0.29) is 11.4 Å². The van der Waals surface area contributed by atoms with Gasteiger partial charge in [0.2, 0.25) is 0 Å². The van der Waals surface area contributed by atoms with Crippen LogP contribution in [-0.2, 0) is 0 Å². The normalized spacial score (nSPS) is 10.8. The van der Waals surface area contributed by atoms with E-state index in [9.17, 15) is 4.79 Å². The van der Waals surface area contributed by atoms with E-state index in [1.807, 2.05) is 19.9 Å². The molecule has 0 unspecified atom stereocenters. The number of benzene rings is 1. The Kier molecular flexibility index (Phi) is 4.87. The summed E-state index contributed by atoms with van der Waals surface area (Å²) >= 11 is 0. The molecular formula is C14H19N3O. The molecule has 1 aromatic carbocycles. The number of nitrogens with zero attached hydrogens (tertiary/aromatic N) is 1. The molecule has 3 N–H and O–H groups in total. The summed E-state index contributed by atoms with van der Waals surface area (Å²) in [4.78, 5) is 11.8. The summed E-state index contributed by atoms with van der Waals surface area (Å²) in [6.07, 6.45) is 1.69. The third-order valence-electron chi connectivity index (χ3n) is 2.54. The van der Waals surface area contributed by atoms with E-state index < -0.39 is 0 Å². The Bertz CT molecular complexity index is 455. The third kappa shape index (κ3) is 4.98. The lowest BCUT2D eigenvalue weighted by molar-refractivity contribution is 0.0952. The molecule has 4 heteroatoms. The van der Waals surface area contributed by atoms with Crippen LogP contribution in [-0.4, -0.2) is 18.0 Å². The minimum atomic E-state index is -0.203. The van der Waals surface area contributed by atoms with E-state index in [1.54, 1.807) is 24.3 Å². The number of carbonyl (C=O) groups excluding carboxylic acids is 1. The van der Waals surface area contributed by atoms with E-state index in [1.165, 1.54) is 0 Å². The molecule has 96 valence electrons. The lowest BCUT2D eigenvalue weighted by Crippen LogP contribution is -2.33. The first-order valence-corrected chi connectivity index (χ1v) is 5.99. The summed E-state index contributed by atoms with van der Waals surface area (Å²) < 4.78 is 0. The lowest BCUT2D eigenvalue weighted by atomic mass is 10.0. The molecule has 0 aliphatic rings. The molecule has 0 aliphatic heterocycles. The number of amides is 1. The van der Waals surface area contributed by atoms with Crippen LogP contribution in [0.1, 0.15) is 42.6 Å². The average molecular weight is 245 g/mol. The molecule has 0 fully saturated rings. The highest BCUT2D eigenvalue weighted by Gasteiger charge is 2.10. The van der Waals surface area contributed by atoms with Crippen molar-refractivity contribution in [2.45, 2.75) is 32.2 Å². The molecule has 0 saturated heterocycles. The van der Waals surface area contributed by atoms with Crippen LogP contribution < -0.4 is 11.1 Å².